The van der Waals surface area contributed by atoms with Gasteiger partial charge in [-0.05, 0) is 35.4 Å². The molecule has 2 fully saturated rings. The number of phenolic OH excluding ortho intramolecular Hbond substituents is 2. The van der Waals surface area contributed by atoms with E-state index in [0.29, 0.717) is 5.56 Å². The fourth-order valence-electron chi connectivity index (χ4n) is 4.03. The van der Waals surface area contributed by atoms with Crippen molar-refractivity contribution in [2.45, 2.75) is 55.3 Å². The highest BCUT2D eigenvalue weighted by Crippen LogP contribution is 2.30. The van der Waals surface area contributed by atoms with E-state index in [-0.39, 0.29) is 23.9 Å². The summed E-state index contributed by atoms with van der Waals surface area (Å²) in [6.07, 6.45) is -10.2. The minimum absolute atomic E-state index is 0.126. The van der Waals surface area contributed by atoms with Crippen molar-refractivity contribution in [1.29, 1.82) is 0 Å². The van der Waals surface area contributed by atoms with Crippen LogP contribution >= 0.6 is 0 Å². The van der Waals surface area contributed by atoms with E-state index in [2.05, 4.69) is 0 Å². The predicted molar refractivity (Wildman–Crippen MR) is 126 cm³/mol. The molecular formula is C25H30O12. The van der Waals surface area contributed by atoms with E-state index in [9.17, 15) is 40.9 Å². The molecule has 8 N–H and O–H groups in total. The summed E-state index contributed by atoms with van der Waals surface area (Å²) in [7, 11) is 0. The van der Waals surface area contributed by atoms with Crippen LogP contribution in [0.3, 0.4) is 0 Å². The smallest absolute Gasteiger partial charge is 0.229 e. The van der Waals surface area contributed by atoms with Gasteiger partial charge in [0.15, 0.2) is 12.4 Å². The third kappa shape index (κ3) is 6.38. The molecule has 2 aliphatic rings. The molecule has 0 amide bonds. The number of aliphatic hydroxyl groups is 6. The molecule has 12 heteroatoms. The maximum atomic E-state index is 10.6. The summed E-state index contributed by atoms with van der Waals surface area (Å²) in [6.45, 7) is -0.992. The number of rotatable bonds is 7. The van der Waals surface area contributed by atoms with Crippen LogP contribution in [0.4, 0.5) is 0 Å². The van der Waals surface area contributed by atoms with Crippen LogP contribution in [0.5, 0.6) is 17.2 Å². The lowest BCUT2D eigenvalue weighted by molar-refractivity contribution is -0.348. The largest absolute Gasteiger partial charge is 0.508 e. The molecule has 0 radical (unpaired) electrons. The standard InChI is InChI=1S/C25H30O12/c26-10-18-20(31)21(32)22(33)24(36-18)37-23-19(30)17(29)11-34-25(23)35-16-8-13(7-15(28)9-16)2-1-12-3-5-14(27)6-4-12/h1-9,17-33H,10-11H2/t17-,18-,19+,20-,21+,22-,23-,24+,25+/m1/s1. The van der Waals surface area contributed by atoms with Gasteiger partial charge in [0.05, 0.1) is 13.2 Å². The van der Waals surface area contributed by atoms with Gasteiger partial charge in [0.25, 0.3) is 0 Å². The molecule has 37 heavy (non-hydrogen) atoms. The Labute approximate surface area is 211 Å². The molecule has 4 rings (SSSR count). The minimum Gasteiger partial charge on any atom is -0.508 e. The third-order valence-corrected chi connectivity index (χ3v) is 6.10. The van der Waals surface area contributed by atoms with Gasteiger partial charge in [0, 0.05) is 6.07 Å². The predicted octanol–water partition coefficient (Wildman–Crippen LogP) is -1.09. The number of benzene rings is 2. The molecule has 0 aliphatic carbocycles. The van der Waals surface area contributed by atoms with Crippen LogP contribution in [0.15, 0.2) is 42.5 Å². The van der Waals surface area contributed by atoms with Gasteiger partial charge < -0.3 is 59.8 Å². The normalized spacial score (nSPS) is 34.5. The zero-order valence-corrected chi connectivity index (χ0v) is 19.5. The lowest BCUT2D eigenvalue weighted by Crippen LogP contribution is -2.63. The quantitative estimate of drug-likeness (QED) is 0.205. The Balaban J connectivity index is 1.52. The Morgan fingerprint density at radius 1 is 0.784 bits per heavy atom. The first-order valence-electron chi connectivity index (χ1n) is 11.6. The Kier molecular flexibility index (Phi) is 8.64. The van der Waals surface area contributed by atoms with E-state index in [1.807, 2.05) is 0 Å². The number of aromatic hydroxyl groups is 2. The number of ether oxygens (including phenoxy) is 4. The second kappa shape index (κ2) is 11.7. The molecule has 2 aromatic carbocycles. The number of hydrogen-bond acceptors (Lipinski definition) is 12. The van der Waals surface area contributed by atoms with Gasteiger partial charge in [0.2, 0.25) is 6.29 Å². The van der Waals surface area contributed by atoms with Crippen molar-refractivity contribution >= 4 is 12.2 Å². The van der Waals surface area contributed by atoms with Crippen LogP contribution in [0.1, 0.15) is 11.1 Å². The lowest BCUT2D eigenvalue weighted by atomic mass is 9.99. The molecule has 0 bridgehead atoms. The average Bonchev–Trinajstić information content (AvgIpc) is 2.87. The van der Waals surface area contributed by atoms with Crippen LogP contribution < -0.4 is 4.74 Å². The van der Waals surface area contributed by atoms with Crippen LogP contribution in [0, 0.1) is 0 Å². The Bertz CT molecular complexity index is 1060. The molecule has 0 unspecified atom stereocenters. The molecule has 0 saturated carbocycles. The molecular weight excluding hydrogens is 492 g/mol. The lowest BCUT2D eigenvalue weighted by Gasteiger charge is -2.44. The third-order valence-electron chi connectivity index (χ3n) is 6.10. The SMILES string of the molecule is OC[C@H]1O[C@@H](O[C@H]2[C@H](Oc3cc(O)cc(C=Cc4ccc(O)cc4)c3)OC[C@@H](O)[C@@H]2O)[C@H](O)[C@@H](O)[C@@H]1O. The van der Waals surface area contributed by atoms with Gasteiger partial charge in [-0.15, -0.1) is 0 Å². The zero-order valence-electron chi connectivity index (χ0n) is 19.5. The summed E-state index contributed by atoms with van der Waals surface area (Å²) in [5.41, 5.74) is 1.34. The molecule has 0 spiro atoms. The van der Waals surface area contributed by atoms with Crippen LogP contribution in [0.2, 0.25) is 0 Å². The van der Waals surface area contributed by atoms with Crippen molar-refractivity contribution in [1.82, 2.24) is 0 Å². The molecule has 9 atom stereocenters. The second-order valence-corrected chi connectivity index (χ2v) is 8.86. The molecule has 2 saturated heterocycles. The van der Waals surface area contributed by atoms with Crippen LogP contribution in [0.25, 0.3) is 12.2 Å². The fraction of sp³-hybridized carbons (Fsp3) is 0.440. The van der Waals surface area contributed by atoms with Crippen molar-refractivity contribution in [2.75, 3.05) is 13.2 Å². The van der Waals surface area contributed by atoms with Crippen molar-refractivity contribution in [2.24, 2.45) is 0 Å². The van der Waals surface area contributed by atoms with Gasteiger partial charge >= 0.3 is 0 Å². The Hall–Kier alpha value is -2.78. The van der Waals surface area contributed by atoms with E-state index in [4.69, 9.17) is 18.9 Å². The van der Waals surface area contributed by atoms with Crippen molar-refractivity contribution in [3.63, 3.8) is 0 Å². The van der Waals surface area contributed by atoms with Crippen LogP contribution in [-0.2, 0) is 14.2 Å². The van der Waals surface area contributed by atoms with E-state index < -0.39 is 61.9 Å². The van der Waals surface area contributed by atoms with E-state index in [1.54, 1.807) is 30.4 Å². The monoisotopic (exact) mass is 522 g/mol. The summed E-state index contributed by atoms with van der Waals surface area (Å²) in [6, 6.07) is 10.8. The minimum atomic E-state index is -1.75. The molecule has 2 heterocycles. The maximum absolute atomic E-state index is 10.6. The first kappa shape index (κ1) is 27.3. The molecule has 0 aromatic heterocycles. The summed E-state index contributed by atoms with van der Waals surface area (Å²) in [5.74, 6) is 0.123. The summed E-state index contributed by atoms with van der Waals surface area (Å²) in [5, 5.41) is 80.0. The number of phenols is 2. The highest BCUT2D eigenvalue weighted by molar-refractivity contribution is 5.71. The molecule has 2 aromatic rings. The maximum Gasteiger partial charge on any atom is 0.229 e. The summed E-state index contributed by atoms with van der Waals surface area (Å²) >= 11 is 0. The number of aliphatic hydroxyl groups excluding tert-OH is 6. The topological polar surface area (TPSA) is 199 Å². The van der Waals surface area contributed by atoms with Crippen LogP contribution in [-0.4, -0.2) is 109 Å². The van der Waals surface area contributed by atoms with Gasteiger partial charge in [-0.2, -0.15) is 0 Å². The van der Waals surface area contributed by atoms with E-state index in [1.165, 1.54) is 24.3 Å². The van der Waals surface area contributed by atoms with Gasteiger partial charge in [-0.3, -0.25) is 0 Å². The van der Waals surface area contributed by atoms with E-state index in [0.717, 1.165) is 5.56 Å². The zero-order chi connectivity index (χ0) is 26.7. The van der Waals surface area contributed by atoms with Crippen molar-refractivity contribution in [3.05, 3.63) is 53.6 Å². The van der Waals surface area contributed by atoms with E-state index >= 15 is 0 Å². The first-order valence-corrected chi connectivity index (χ1v) is 11.6. The van der Waals surface area contributed by atoms with Crippen molar-refractivity contribution in [3.8, 4) is 17.2 Å². The van der Waals surface area contributed by atoms with Gasteiger partial charge in [0.1, 0.15) is 53.9 Å². The summed E-state index contributed by atoms with van der Waals surface area (Å²) < 4.78 is 22.3. The molecule has 202 valence electrons. The summed E-state index contributed by atoms with van der Waals surface area (Å²) in [4.78, 5) is 0. The average molecular weight is 523 g/mol. The molecule has 12 nitrogen and oxygen atoms in total. The molecule has 2 aliphatic heterocycles. The highest BCUT2D eigenvalue weighted by Gasteiger charge is 2.49. The Morgan fingerprint density at radius 2 is 1.49 bits per heavy atom. The first-order chi connectivity index (χ1) is 17.7. The Morgan fingerprint density at radius 3 is 2.19 bits per heavy atom. The fourth-order valence-corrected chi connectivity index (χ4v) is 4.03. The highest BCUT2D eigenvalue weighted by atomic mass is 16.8. The van der Waals surface area contributed by atoms with Gasteiger partial charge in [-0.1, -0.05) is 24.3 Å². The van der Waals surface area contributed by atoms with Crippen molar-refractivity contribution < 1.29 is 59.8 Å². The second-order valence-electron chi connectivity index (χ2n) is 8.86. The van der Waals surface area contributed by atoms with Gasteiger partial charge in [-0.25, -0.2) is 0 Å². The number of hydrogen-bond donors (Lipinski definition) is 8.